The van der Waals surface area contributed by atoms with E-state index in [9.17, 15) is 52.7 Å². The van der Waals surface area contributed by atoms with Gasteiger partial charge >= 0.3 is 30.6 Å². The number of hydrogen-bond acceptors (Lipinski definition) is 2. The van der Waals surface area contributed by atoms with Crippen LogP contribution in [-0.4, -0.2) is 30.6 Å². The van der Waals surface area contributed by atoms with Crippen molar-refractivity contribution in [1.82, 2.24) is 0 Å². The first-order valence-corrected chi connectivity index (χ1v) is 4.64. The number of alkyl halides is 11. The minimum Gasteiger partial charge on any atom is -0.269 e. The van der Waals surface area contributed by atoms with E-state index in [0.717, 1.165) is 0 Å². The van der Waals surface area contributed by atoms with E-state index in [1.807, 2.05) is 0 Å². The van der Waals surface area contributed by atoms with Crippen molar-refractivity contribution in [3.05, 3.63) is 12.4 Å². The van der Waals surface area contributed by atoms with Gasteiger partial charge in [0.05, 0.1) is 0 Å². The Morgan fingerprint density at radius 2 is 1.18 bits per heavy atom. The summed E-state index contributed by atoms with van der Waals surface area (Å²) in [5.41, 5.74) is 0. The highest BCUT2D eigenvalue weighted by molar-refractivity contribution is 4.94. The molecule has 0 spiro atoms. The molecule has 0 N–H and O–H groups in total. The van der Waals surface area contributed by atoms with Gasteiger partial charge in [0.1, 0.15) is 6.42 Å². The van der Waals surface area contributed by atoms with Crippen molar-refractivity contribution in [3.8, 4) is 0 Å². The Labute approximate surface area is 113 Å². The van der Waals surface area contributed by atoms with Gasteiger partial charge in [-0.15, -0.1) is 13.2 Å². The summed E-state index contributed by atoms with van der Waals surface area (Å²) in [5, 5.41) is 0. The Bertz CT molecular complexity index is 410. The largest absolute Gasteiger partial charge is 0.527 e. The summed E-state index contributed by atoms with van der Waals surface area (Å²) in [6.45, 7) is 1.77. The lowest BCUT2D eigenvalue weighted by Crippen LogP contribution is -2.55. The maximum absolute atomic E-state index is 13.4. The molecule has 0 aromatic carbocycles. The molecule has 22 heavy (non-hydrogen) atoms. The monoisotopic (exact) mass is 360 g/mol. The molecule has 0 bridgehead atoms. The molecule has 1 unspecified atom stereocenters. The topological polar surface area (TPSA) is 18.5 Å². The molecule has 0 aromatic rings. The first kappa shape index (κ1) is 20.8. The van der Waals surface area contributed by atoms with Gasteiger partial charge in [-0.05, 0) is 0 Å². The SMILES string of the molecule is C=C(F)C(F)(F)OC(F)(CC(F)(F)F)C(F)(F)OC(F)(F)F. The van der Waals surface area contributed by atoms with E-state index in [-0.39, 0.29) is 0 Å². The van der Waals surface area contributed by atoms with Crippen LogP contribution >= 0.6 is 0 Å². The van der Waals surface area contributed by atoms with Crippen molar-refractivity contribution < 1.29 is 62.2 Å². The quantitative estimate of drug-likeness (QED) is 0.632. The van der Waals surface area contributed by atoms with E-state index >= 15 is 0 Å². The van der Waals surface area contributed by atoms with Gasteiger partial charge in [-0.2, -0.15) is 30.7 Å². The van der Waals surface area contributed by atoms with Gasteiger partial charge in [-0.1, -0.05) is 6.58 Å². The lowest BCUT2D eigenvalue weighted by Gasteiger charge is -2.35. The minimum atomic E-state index is -6.58. The van der Waals surface area contributed by atoms with Crippen LogP contribution < -0.4 is 0 Å². The Morgan fingerprint density at radius 3 is 1.45 bits per heavy atom. The zero-order valence-corrected chi connectivity index (χ0v) is 9.77. The molecule has 0 aliphatic rings. The van der Waals surface area contributed by atoms with E-state index in [2.05, 4.69) is 4.74 Å². The molecule has 0 amide bonds. The lowest BCUT2D eigenvalue weighted by atomic mass is 10.2. The lowest BCUT2D eigenvalue weighted by molar-refractivity contribution is -0.505. The molecule has 2 nitrogen and oxygen atoms in total. The number of halogens is 12. The van der Waals surface area contributed by atoms with Crippen molar-refractivity contribution in [1.29, 1.82) is 0 Å². The fourth-order valence-electron chi connectivity index (χ4n) is 0.936. The minimum absolute atomic E-state index is 1.74. The molecule has 132 valence electrons. The van der Waals surface area contributed by atoms with Gasteiger partial charge in [-0.3, -0.25) is 4.74 Å². The highest BCUT2D eigenvalue weighted by Crippen LogP contribution is 2.48. The van der Waals surface area contributed by atoms with Crippen molar-refractivity contribution in [2.75, 3.05) is 0 Å². The second kappa shape index (κ2) is 5.79. The maximum atomic E-state index is 13.4. The molecule has 0 radical (unpaired) electrons. The van der Waals surface area contributed by atoms with Gasteiger partial charge in [0.2, 0.25) is 0 Å². The summed E-state index contributed by atoms with van der Waals surface area (Å²) < 4.78 is 151. The molecule has 0 aromatic heterocycles. The highest BCUT2D eigenvalue weighted by Gasteiger charge is 2.69. The number of ether oxygens (including phenoxy) is 2. The molecule has 0 aliphatic carbocycles. The van der Waals surface area contributed by atoms with Crippen LogP contribution in [0.2, 0.25) is 0 Å². The van der Waals surface area contributed by atoms with Crippen molar-refractivity contribution in [2.45, 2.75) is 37.0 Å². The fourth-order valence-corrected chi connectivity index (χ4v) is 0.936. The molecule has 0 fully saturated rings. The average molecular weight is 360 g/mol. The van der Waals surface area contributed by atoms with Crippen LogP contribution in [0.5, 0.6) is 0 Å². The third-order valence-electron chi connectivity index (χ3n) is 1.71. The van der Waals surface area contributed by atoms with E-state index < -0.39 is 42.9 Å². The summed E-state index contributed by atoms with van der Waals surface area (Å²) >= 11 is 0. The Balaban J connectivity index is 5.76. The fraction of sp³-hybridized carbons (Fsp3) is 0.750. The van der Waals surface area contributed by atoms with Gasteiger partial charge in [0.25, 0.3) is 0 Å². The summed E-state index contributed by atoms with van der Waals surface area (Å²) in [4.78, 5) is 0. The smallest absolute Gasteiger partial charge is 0.269 e. The molecule has 14 heteroatoms. The van der Waals surface area contributed by atoms with Crippen molar-refractivity contribution >= 4 is 0 Å². The molecule has 0 saturated heterocycles. The molecular formula is C8H4F12O2. The first-order valence-electron chi connectivity index (χ1n) is 4.64. The normalized spacial score (nSPS) is 17.3. The molecule has 0 saturated carbocycles. The zero-order valence-electron chi connectivity index (χ0n) is 9.77. The zero-order chi connectivity index (χ0) is 18.2. The van der Waals surface area contributed by atoms with E-state index in [0.29, 0.717) is 0 Å². The predicted octanol–water partition coefficient (Wildman–Crippen LogP) is 4.83. The summed E-state index contributed by atoms with van der Waals surface area (Å²) in [6.07, 6.45) is -28.5. The second-order valence-corrected chi connectivity index (χ2v) is 3.61. The van der Waals surface area contributed by atoms with Gasteiger partial charge in [-0.25, -0.2) is 13.5 Å². The third kappa shape index (κ3) is 5.90. The van der Waals surface area contributed by atoms with Gasteiger partial charge < -0.3 is 0 Å². The molecule has 0 heterocycles. The van der Waals surface area contributed by atoms with Crippen LogP contribution in [0, 0.1) is 0 Å². The summed E-state index contributed by atoms with van der Waals surface area (Å²) in [7, 11) is 0. The van der Waals surface area contributed by atoms with Crippen LogP contribution in [0.15, 0.2) is 12.4 Å². The molecule has 0 aliphatic heterocycles. The summed E-state index contributed by atoms with van der Waals surface area (Å²) in [6, 6.07) is 0. The van der Waals surface area contributed by atoms with Gasteiger partial charge in [0, 0.05) is 0 Å². The van der Waals surface area contributed by atoms with Crippen LogP contribution in [0.3, 0.4) is 0 Å². The first-order chi connectivity index (χ1) is 9.31. The van der Waals surface area contributed by atoms with Crippen molar-refractivity contribution in [3.63, 3.8) is 0 Å². The third-order valence-corrected chi connectivity index (χ3v) is 1.71. The van der Waals surface area contributed by atoms with Crippen LogP contribution in [0.4, 0.5) is 52.7 Å². The van der Waals surface area contributed by atoms with E-state index in [4.69, 9.17) is 0 Å². The Morgan fingerprint density at radius 1 is 0.773 bits per heavy atom. The summed E-state index contributed by atoms with van der Waals surface area (Å²) in [5.74, 6) is -9.13. The van der Waals surface area contributed by atoms with E-state index in [1.165, 1.54) is 0 Å². The number of hydrogen-bond donors (Lipinski definition) is 0. The Hall–Kier alpha value is -1.18. The van der Waals surface area contributed by atoms with Crippen LogP contribution in [-0.2, 0) is 9.47 Å². The van der Waals surface area contributed by atoms with Crippen molar-refractivity contribution in [2.24, 2.45) is 0 Å². The van der Waals surface area contributed by atoms with Crippen LogP contribution in [0.1, 0.15) is 6.42 Å². The average Bonchev–Trinajstić information content (AvgIpc) is 2.07. The molecule has 0 rings (SSSR count). The Kier molecular flexibility index (Phi) is 5.48. The van der Waals surface area contributed by atoms with Gasteiger partial charge in [0.15, 0.2) is 5.83 Å². The standard InChI is InChI=1S/C8H4F12O2/c1-3(9)6(14,15)21-4(10,2-5(11,12)13)7(16,17)22-8(18,19)20/h1-2H2. The predicted molar refractivity (Wildman–Crippen MR) is 42.9 cm³/mol. The highest BCUT2D eigenvalue weighted by atomic mass is 19.4. The maximum Gasteiger partial charge on any atom is 0.527 e. The van der Waals surface area contributed by atoms with E-state index in [1.54, 1.807) is 11.3 Å². The molecule has 1 atom stereocenters. The van der Waals surface area contributed by atoms with Crippen LogP contribution in [0.25, 0.3) is 0 Å². The number of rotatable bonds is 6. The molecular weight excluding hydrogens is 356 g/mol. The second-order valence-electron chi connectivity index (χ2n) is 3.61.